The molecule has 2 rings (SSSR count). The van der Waals surface area contributed by atoms with Crippen molar-refractivity contribution in [3.8, 4) is 5.75 Å². The summed E-state index contributed by atoms with van der Waals surface area (Å²) >= 11 is 0. The zero-order chi connectivity index (χ0) is 15.4. The van der Waals surface area contributed by atoms with Gasteiger partial charge in [0.05, 0.1) is 13.2 Å². The third-order valence-corrected chi connectivity index (χ3v) is 3.34. The molecule has 0 aliphatic rings. The maximum Gasteiger partial charge on any atom is 0.255 e. The third kappa shape index (κ3) is 3.41. The predicted octanol–water partition coefficient (Wildman–Crippen LogP) is 3.31. The Balaban J connectivity index is 2.26. The lowest BCUT2D eigenvalue weighted by molar-refractivity contribution is 0.102. The van der Waals surface area contributed by atoms with Crippen molar-refractivity contribution in [2.75, 3.05) is 12.4 Å². The van der Waals surface area contributed by atoms with E-state index in [0.717, 1.165) is 5.56 Å². The molecule has 0 saturated heterocycles. The number of amides is 1. The van der Waals surface area contributed by atoms with E-state index in [-0.39, 0.29) is 5.91 Å². The number of aliphatic hydroxyl groups is 1. The third-order valence-electron chi connectivity index (χ3n) is 3.34. The minimum Gasteiger partial charge on any atom is -0.497 e. The Hall–Kier alpha value is -2.33. The number of carbonyl (C=O) groups is 1. The van der Waals surface area contributed by atoms with E-state index in [1.165, 1.54) is 0 Å². The number of ether oxygens (including phenoxy) is 1. The van der Waals surface area contributed by atoms with Gasteiger partial charge in [-0.15, -0.1) is 0 Å². The average molecular weight is 285 g/mol. The lowest BCUT2D eigenvalue weighted by Crippen LogP contribution is -2.15. The van der Waals surface area contributed by atoms with Crippen molar-refractivity contribution >= 4 is 11.6 Å². The second kappa shape index (κ2) is 6.41. The van der Waals surface area contributed by atoms with Gasteiger partial charge < -0.3 is 15.2 Å². The van der Waals surface area contributed by atoms with E-state index in [0.29, 0.717) is 22.6 Å². The molecule has 2 aromatic rings. The van der Waals surface area contributed by atoms with Crippen molar-refractivity contribution in [3.63, 3.8) is 0 Å². The Morgan fingerprint density at radius 3 is 2.57 bits per heavy atom. The molecule has 0 aliphatic heterocycles. The van der Waals surface area contributed by atoms with Crippen molar-refractivity contribution in [2.24, 2.45) is 0 Å². The maximum atomic E-state index is 12.4. The van der Waals surface area contributed by atoms with Crippen molar-refractivity contribution < 1.29 is 14.6 Å². The lowest BCUT2D eigenvalue weighted by Gasteiger charge is -2.14. The van der Waals surface area contributed by atoms with Crippen molar-refractivity contribution in [2.45, 2.75) is 20.0 Å². The van der Waals surface area contributed by atoms with Gasteiger partial charge in [-0.2, -0.15) is 0 Å². The number of para-hydroxylation sites is 1. The van der Waals surface area contributed by atoms with Gasteiger partial charge in [-0.1, -0.05) is 18.2 Å². The highest BCUT2D eigenvalue weighted by Crippen LogP contribution is 2.24. The number of benzene rings is 2. The molecule has 0 fully saturated rings. The fraction of sp³-hybridized carbons (Fsp3) is 0.235. The van der Waals surface area contributed by atoms with Gasteiger partial charge in [0.2, 0.25) is 0 Å². The van der Waals surface area contributed by atoms with Gasteiger partial charge in [-0.3, -0.25) is 4.79 Å². The Morgan fingerprint density at radius 2 is 1.95 bits per heavy atom. The standard InChI is InChI=1S/C17H19NO3/c1-11-10-13(21-3)8-9-14(11)17(20)18-16-7-5-4-6-15(16)12(2)19/h4-10,12,19H,1-3H3,(H,18,20). The Labute approximate surface area is 124 Å². The van der Waals surface area contributed by atoms with Crippen LogP contribution in [0.1, 0.15) is 34.5 Å². The molecule has 2 aromatic carbocycles. The summed E-state index contributed by atoms with van der Waals surface area (Å²) in [7, 11) is 1.59. The average Bonchev–Trinajstić information content (AvgIpc) is 2.47. The van der Waals surface area contributed by atoms with Gasteiger partial charge in [0.25, 0.3) is 5.91 Å². The van der Waals surface area contributed by atoms with Crippen molar-refractivity contribution in [1.82, 2.24) is 0 Å². The molecule has 21 heavy (non-hydrogen) atoms. The summed E-state index contributed by atoms with van der Waals surface area (Å²) in [5.41, 5.74) is 2.72. The minimum absolute atomic E-state index is 0.205. The SMILES string of the molecule is COc1ccc(C(=O)Nc2ccccc2C(C)O)c(C)c1. The van der Waals surface area contributed by atoms with Crippen LogP contribution in [0.2, 0.25) is 0 Å². The molecular weight excluding hydrogens is 266 g/mol. The molecule has 1 amide bonds. The van der Waals surface area contributed by atoms with Gasteiger partial charge in [-0.25, -0.2) is 0 Å². The first kappa shape index (κ1) is 15.1. The first-order chi connectivity index (χ1) is 10.0. The molecule has 0 spiro atoms. The van der Waals surface area contributed by atoms with Crippen LogP contribution in [-0.4, -0.2) is 18.1 Å². The molecule has 4 heteroatoms. The Morgan fingerprint density at radius 1 is 1.24 bits per heavy atom. The number of hydrogen-bond donors (Lipinski definition) is 2. The van der Waals surface area contributed by atoms with Crippen LogP contribution in [0.25, 0.3) is 0 Å². The molecule has 0 radical (unpaired) electrons. The van der Waals surface area contributed by atoms with E-state index < -0.39 is 6.10 Å². The molecule has 1 unspecified atom stereocenters. The van der Waals surface area contributed by atoms with Crippen molar-refractivity contribution in [1.29, 1.82) is 0 Å². The number of aryl methyl sites for hydroxylation is 1. The molecule has 0 aromatic heterocycles. The predicted molar refractivity (Wildman–Crippen MR) is 82.8 cm³/mol. The van der Waals surface area contributed by atoms with E-state index in [9.17, 15) is 9.90 Å². The van der Waals surface area contributed by atoms with E-state index in [1.807, 2.05) is 25.1 Å². The second-order valence-corrected chi connectivity index (χ2v) is 4.90. The fourth-order valence-electron chi connectivity index (χ4n) is 2.18. The highest BCUT2D eigenvalue weighted by molar-refractivity contribution is 6.05. The Kier molecular flexibility index (Phi) is 4.60. The van der Waals surface area contributed by atoms with Crippen LogP contribution in [0.4, 0.5) is 5.69 Å². The highest BCUT2D eigenvalue weighted by atomic mass is 16.5. The van der Waals surface area contributed by atoms with E-state index in [1.54, 1.807) is 38.3 Å². The van der Waals surface area contributed by atoms with Crippen LogP contribution < -0.4 is 10.1 Å². The molecule has 2 N–H and O–H groups in total. The first-order valence-electron chi connectivity index (χ1n) is 6.76. The van der Waals surface area contributed by atoms with Gasteiger partial charge in [0, 0.05) is 16.8 Å². The molecule has 110 valence electrons. The summed E-state index contributed by atoms with van der Waals surface area (Å²) in [5.74, 6) is 0.511. The maximum absolute atomic E-state index is 12.4. The van der Waals surface area contributed by atoms with Crippen LogP contribution >= 0.6 is 0 Å². The van der Waals surface area contributed by atoms with E-state index in [4.69, 9.17) is 4.74 Å². The van der Waals surface area contributed by atoms with Gasteiger partial charge in [0.15, 0.2) is 0 Å². The van der Waals surface area contributed by atoms with Crippen LogP contribution in [-0.2, 0) is 0 Å². The van der Waals surface area contributed by atoms with Gasteiger partial charge in [0.1, 0.15) is 5.75 Å². The number of methoxy groups -OCH3 is 1. The summed E-state index contributed by atoms with van der Waals surface area (Å²) in [5, 5.41) is 12.6. The Bertz CT molecular complexity index is 650. The number of hydrogen-bond acceptors (Lipinski definition) is 3. The minimum atomic E-state index is -0.640. The van der Waals surface area contributed by atoms with Crippen LogP contribution in [0, 0.1) is 6.92 Å². The fourth-order valence-corrected chi connectivity index (χ4v) is 2.18. The summed E-state index contributed by atoms with van der Waals surface area (Å²) in [4.78, 5) is 12.4. The van der Waals surface area contributed by atoms with Crippen LogP contribution in [0.5, 0.6) is 5.75 Å². The number of anilines is 1. The number of carbonyl (C=O) groups excluding carboxylic acids is 1. The number of aliphatic hydroxyl groups excluding tert-OH is 1. The molecule has 0 aliphatic carbocycles. The first-order valence-corrected chi connectivity index (χ1v) is 6.76. The quantitative estimate of drug-likeness (QED) is 0.906. The molecule has 0 bridgehead atoms. The van der Waals surface area contributed by atoms with E-state index in [2.05, 4.69) is 5.32 Å². The number of rotatable bonds is 4. The number of nitrogens with one attached hydrogen (secondary N) is 1. The lowest BCUT2D eigenvalue weighted by atomic mass is 10.1. The normalized spacial score (nSPS) is 11.8. The summed E-state index contributed by atoms with van der Waals surface area (Å²) in [6, 6.07) is 12.5. The molecule has 0 heterocycles. The summed E-state index contributed by atoms with van der Waals surface area (Å²) < 4.78 is 5.13. The smallest absolute Gasteiger partial charge is 0.255 e. The molecule has 0 saturated carbocycles. The van der Waals surface area contributed by atoms with Crippen LogP contribution in [0.15, 0.2) is 42.5 Å². The zero-order valence-corrected chi connectivity index (χ0v) is 12.4. The molecule has 1 atom stereocenters. The van der Waals surface area contributed by atoms with Crippen LogP contribution in [0.3, 0.4) is 0 Å². The monoisotopic (exact) mass is 285 g/mol. The zero-order valence-electron chi connectivity index (χ0n) is 12.4. The topological polar surface area (TPSA) is 58.6 Å². The largest absolute Gasteiger partial charge is 0.497 e. The summed E-state index contributed by atoms with van der Waals surface area (Å²) in [6.07, 6.45) is -0.640. The van der Waals surface area contributed by atoms with E-state index >= 15 is 0 Å². The summed E-state index contributed by atoms with van der Waals surface area (Å²) in [6.45, 7) is 3.53. The highest BCUT2D eigenvalue weighted by Gasteiger charge is 2.13. The molecular formula is C17H19NO3. The van der Waals surface area contributed by atoms with Gasteiger partial charge in [-0.05, 0) is 43.7 Å². The van der Waals surface area contributed by atoms with Crippen molar-refractivity contribution in [3.05, 3.63) is 59.2 Å². The second-order valence-electron chi connectivity index (χ2n) is 4.90. The van der Waals surface area contributed by atoms with Gasteiger partial charge >= 0.3 is 0 Å². The molecule has 4 nitrogen and oxygen atoms in total.